The number of aromatic nitrogens is 5. The fraction of sp³-hybridized carbons (Fsp3) is 0.190. The zero-order valence-corrected chi connectivity index (χ0v) is 18.7. The minimum atomic E-state index is -1.06. The quantitative estimate of drug-likeness (QED) is 0.232. The molecule has 0 saturated heterocycles. The van der Waals surface area contributed by atoms with Gasteiger partial charge in [0, 0.05) is 29.6 Å². The fourth-order valence-electron chi connectivity index (χ4n) is 3.46. The second kappa shape index (κ2) is 9.87. The van der Waals surface area contributed by atoms with Crippen LogP contribution in [0.3, 0.4) is 0 Å². The number of aliphatic hydroxyl groups is 2. The van der Waals surface area contributed by atoms with Gasteiger partial charge in [-0.1, -0.05) is 23.7 Å². The molecule has 0 aliphatic rings. The van der Waals surface area contributed by atoms with Crippen LogP contribution in [0.1, 0.15) is 10.5 Å². The molecule has 3 amide bonds. The molecule has 0 aliphatic heterocycles. The van der Waals surface area contributed by atoms with E-state index in [1.807, 2.05) is 6.07 Å². The lowest BCUT2D eigenvalue weighted by Crippen LogP contribution is -2.36. The highest BCUT2D eigenvalue weighted by molar-refractivity contribution is 6.31. The predicted octanol–water partition coefficient (Wildman–Crippen LogP) is 1.74. The highest BCUT2D eigenvalue weighted by Crippen LogP contribution is 2.30. The number of halogens is 1. The monoisotopic (exact) mass is 484 g/mol. The average molecular weight is 485 g/mol. The summed E-state index contributed by atoms with van der Waals surface area (Å²) in [6, 6.07) is 11.3. The first kappa shape index (κ1) is 23.2. The summed E-state index contributed by atoms with van der Waals surface area (Å²) in [5.74, 6) is -0.0464. The van der Waals surface area contributed by atoms with E-state index in [9.17, 15) is 14.7 Å². The fourth-order valence-corrected chi connectivity index (χ4v) is 3.63. The Kier molecular flexibility index (Phi) is 6.72. The summed E-state index contributed by atoms with van der Waals surface area (Å²) in [5, 5.41) is 41.2. The van der Waals surface area contributed by atoms with Crippen LogP contribution in [0, 0.1) is 0 Å². The molecule has 0 aliphatic carbocycles. The smallest absolute Gasteiger partial charge is 0.319 e. The summed E-state index contributed by atoms with van der Waals surface area (Å²) >= 11 is 6.11. The number of carbonyl (C=O) groups is 2. The van der Waals surface area contributed by atoms with E-state index < -0.39 is 24.6 Å². The molecule has 0 spiro atoms. The Morgan fingerprint density at radius 3 is 2.74 bits per heavy atom. The van der Waals surface area contributed by atoms with E-state index in [1.165, 1.54) is 0 Å². The molecule has 1 atom stereocenters. The van der Waals surface area contributed by atoms with Gasteiger partial charge in [-0.25, -0.2) is 9.89 Å². The first-order valence-electron chi connectivity index (χ1n) is 10.1. The molecule has 176 valence electrons. The van der Waals surface area contributed by atoms with Gasteiger partial charge >= 0.3 is 6.03 Å². The summed E-state index contributed by atoms with van der Waals surface area (Å²) in [5.41, 5.74) is 2.42. The molecular weight excluding hydrogens is 464 g/mol. The maximum Gasteiger partial charge on any atom is 0.319 e. The van der Waals surface area contributed by atoms with E-state index in [2.05, 4.69) is 36.6 Å². The van der Waals surface area contributed by atoms with Crippen molar-refractivity contribution in [3.05, 3.63) is 53.2 Å². The molecule has 0 radical (unpaired) electrons. The van der Waals surface area contributed by atoms with E-state index >= 15 is 0 Å². The van der Waals surface area contributed by atoms with Gasteiger partial charge in [0.15, 0.2) is 5.82 Å². The number of aromatic amines is 1. The molecule has 12 nitrogen and oxygen atoms in total. The number of fused-ring (bicyclic) bond motifs is 1. The number of anilines is 2. The third-order valence-electron chi connectivity index (χ3n) is 5.08. The molecule has 0 bridgehead atoms. The summed E-state index contributed by atoms with van der Waals surface area (Å²) in [6.45, 7) is -0.572. The number of H-pyrrole nitrogens is 1. The number of rotatable bonds is 7. The molecule has 4 rings (SSSR count). The third-order valence-corrected chi connectivity index (χ3v) is 5.31. The summed E-state index contributed by atoms with van der Waals surface area (Å²) < 4.78 is 1.66. The van der Waals surface area contributed by atoms with Crippen LogP contribution in [0.4, 0.5) is 16.2 Å². The number of nitrogens with zero attached hydrogens (tertiary/aromatic N) is 4. The summed E-state index contributed by atoms with van der Waals surface area (Å²) in [4.78, 5) is 25.4. The van der Waals surface area contributed by atoms with Crippen molar-refractivity contribution in [1.29, 1.82) is 0 Å². The Bertz CT molecular complexity index is 1340. The van der Waals surface area contributed by atoms with Gasteiger partial charge in [-0.05, 0) is 40.8 Å². The van der Waals surface area contributed by atoms with Crippen molar-refractivity contribution in [1.82, 2.24) is 30.5 Å². The van der Waals surface area contributed by atoms with Gasteiger partial charge in [-0.3, -0.25) is 4.79 Å². The molecule has 2 aromatic heterocycles. The Morgan fingerprint density at radius 1 is 1.18 bits per heavy atom. The van der Waals surface area contributed by atoms with Crippen LogP contribution in [-0.4, -0.2) is 66.6 Å². The number of para-hydroxylation sites is 1. The highest BCUT2D eigenvalue weighted by Gasteiger charge is 2.19. The lowest BCUT2D eigenvalue weighted by molar-refractivity contribution is 0.0965. The van der Waals surface area contributed by atoms with Crippen molar-refractivity contribution in [3.8, 4) is 11.4 Å². The number of nitrogens with one attached hydrogen (secondary N) is 4. The van der Waals surface area contributed by atoms with Crippen LogP contribution >= 0.6 is 11.6 Å². The van der Waals surface area contributed by atoms with Crippen LogP contribution < -0.4 is 16.0 Å². The van der Waals surface area contributed by atoms with Crippen molar-refractivity contribution in [3.63, 3.8) is 0 Å². The van der Waals surface area contributed by atoms with E-state index in [4.69, 9.17) is 16.7 Å². The second-order valence-corrected chi connectivity index (χ2v) is 7.83. The van der Waals surface area contributed by atoms with Crippen LogP contribution in [-0.2, 0) is 7.05 Å². The Hall–Kier alpha value is -4.00. The lowest BCUT2D eigenvalue weighted by Gasteiger charge is -2.13. The lowest BCUT2D eigenvalue weighted by atomic mass is 10.1. The number of amides is 3. The van der Waals surface area contributed by atoms with Crippen LogP contribution in [0.25, 0.3) is 22.3 Å². The molecule has 0 fully saturated rings. The summed E-state index contributed by atoms with van der Waals surface area (Å²) in [7, 11) is 1.71. The van der Waals surface area contributed by atoms with Crippen molar-refractivity contribution in [2.75, 3.05) is 23.8 Å². The van der Waals surface area contributed by atoms with Crippen molar-refractivity contribution < 1.29 is 19.8 Å². The summed E-state index contributed by atoms with van der Waals surface area (Å²) in [6.07, 6.45) is -1.06. The molecular formula is C21H21ClN8O4. The minimum absolute atomic E-state index is 0.108. The van der Waals surface area contributed by atoms with Crippen molar-refractivity contribution >= 4 is 45.8 Å². The predicted molar refractivity (Wildman–Crippen MR) is 126 cm³/mol. The van der Waals surface area contributed by atoms with E-state index in [0.29, 0.717) is 39.0 Å². The molecule has 13 heteroatoms. The number of aryl methyl sites for hydroxylation is 1. The van der Waals surface area contributed by atoms with Gasteiger partial charge in [0.2, 0.25) is 0 Å². The zero-order chi connectivity index (χ0) is 24.2. The highest BCUT2D eigenvalue weighted by atomic mass is 35.5. The maximum absolute atomic E-state index is 13.2. The van der Waals surface area contributed by atoms with Crippen LogP contribution in [0.15, 0.2) is 42.5 Å². The van der Waals surface area contributed by atoms with Crippen LogP contribution in [0.2, 0.25) is 5.02 Å². The maximum atomic E-state index is 13.2. The molecule has 2 heterocycles. The number of carbonyl (C=O) groups excluding carboxylic acids is 2. The number of hydrogen-bond donors (Lipinski definition) is 6. The largest absolute Gasteiger partial charge is 0.394 e. The Balaban J connectivity index is 1.60. The van der Waals surface area contributed by atoms with Crippen LogP contribution in [0.5, 0.6) is 0 Å². The SMILES string of the molecule is Cn1c(C(=O)Nc2ccc(Cl)cc2-c2nnn[nH]2)cc2cccc(NC(=O)NCC(O)CO)c21. The second-order valence-electron chi connectivity index (χ2n) is 7.40. The van der Waals surface area contributed by atoms with E-state index in [1.54, 1.807) is 48.0 Å². The van der Waals surface area contributed by atoms with Gasteiger partial charge in [0.05, 0.1) is 29.6 Å². The van der Waals surface area contributed by atoms with Crippen molar-refractivity contribution in [2.24, 2.45) is 7.05 Å². The third kappa shape index (κ3) is 4.83. The topological polar surface area (TPSA) is 170 Å². The Morgan fingerprint density at radius 2 is 2.00 bits per heavy atom. The van der Waals surface area contributed by atoms with Gasteiger partial charge in [0.1, 0.15) is 5.69 Å². The number of hydrogen-bond acceptors (Lipinski definition) is 7. The van der Waals surface area contributed by atoms with Gasteiger partial charge in [0.25, 0.3) is 5.91 Å². The molecule has 0 saturated carbocycles. The molecule has 34 heavy (non-hydrogen) atoms. The minimum Gasteiger partial charge on any atom is -0.394 e. The molecule has 1 unspecified atom stereocenters. The van der Waals surface area contributed by atoms with E-state index in [-0.39, 0.29) is 6.54 Å². The zero-order valence-electron chi connectivity index (χ0n) is 17.9. The standard InChI is InChI=1S/C21H21ClN8O4/c1-30-17(20(33)24-15-6-5-12(22)8-14(15)19-26-28-29-27-19)7-11-3-2-4-16(18(11)30)25-21(34)23-9-13(32)10-31/h2-8,13,31-32H,9-10H2,1H3,(H,24,33)(H2,23,25,34)(H,26,27,28,29). The van der Waals surface area contributed by atoms with Gasteiger partial charge in [-0.15, -0.1) is 5.10 Å². The number of tetrazole rings is 1. The first-order valence-corrected chi connectivity index (χ1v) is 10.5. The van der Waals surface area contributed by atoms with E-state index in [0.717, 1.165) is 5.39 Å². The van der Waals surface area contributed by atoms with Gasteiger partial charge < -0.3 is 30.7 Å². The molecule has 6 N–H and O–H groups in total. The average Bonchev–Trinajstić information content (AvgIpc) is 3.47. The molecule has 4 aromatic rings. The van der Waals surface area contributed by atoms with Crippen molar-refractivity contribution in [2.45, 2.75) is 6.10 Å². The number of benzene rings is 2. The molecule has 2 aromatic carbocycles. The normalized spacial score (nSPS) is 11.9. The first-order chi connectivity index (χ1) is 16.4. The number of aliphatic hydroxyl groups excluding tert-OH is 2. The Labute approximate surface area is 197 Å². The number of urea groups is 1. The van der Waals surface area contributed by atoms with Gasteiger partial charge in [-0.2, -0.15) is 0 Å².